The number of ether oxygens (including phenoxy) is 1. The number of nitrogens with one attached hydrogen (secondary N) is 2. The number of anilines is 1. The molecule has 0 saturated carbocycles. The number of halogens is 6. The van der Waals surface area contributed by atoms with Crippen LogP contribution in [0.4, 0.5) is 31.3 Å². The Morgan fingerprint density at radius 3 is 2.31 bits per heavy atom. The zero-order valence-electron chi connectivity index (χ0n) is 12.5. The molecule has 2 aromatic rings. The molecule has 0 unspecified atom stereocenters. The lowest BCUT2D eigenvalue weighted by molar-refractivity contribution is -0.138. The summed E-state index contributed by atoms with van der Waals surface area (Å²) in [6.07, 6.45) is -6.85. The Morgan fingerprint density at radius 2 is 1.81 bits per heavy atom. The zero-order valence-corrected chi connectivity index (χ0v) is 13.3. The topological polar surface area (TPSA) is 83.2 Å². The molecular formula is C13H9F6N5OS. The predicted octanol–water partition coefficient (Wildman–Crippen LogP) is 4.94. The van der Waals surface area contributed by atoms with E-state index in [1.54, 1.807) is 0 Å². The molecule has 2 N–H and O–H groups in total. The Labute approximate surface area is 146 Å². The Morgan fingerprint density at radius 1 is 1.15 bits per heavy atom. The molecule has 2 rings (SSSR count). The van der Waals surface area contributed by atoms with Crippen LogP contribution in [0.15, 0.2) is 41.5 Å². The molecule has 0 saturated heterocycles. The van der Waals surface area contributed by atoms with E-state index in [2.05, 4.69) is 20.4 Å². The normalized spacial score (nSPS) is 12.8. The highest BCUT2D eigenvalue weighted by Gasteiger charge is 2.32. The molecule has 6 nitrogen and oxygen atoms in total. The van der Waals surface area contributed by atoms with Crippen molar-refractivity contribution in [2.75, 3.05) is 11.9 Å². The number of alkyl halides is 6. The van der Waals surface area contributed by atoms with Crippen molar-refractivity contribution in [3.05, 3.63) is 46.9 Å². The summed E-state index contributed by atoms with van der Waals surface area (Å²) in [5.41, 5.74) is 5.89. The van der Waals surface area contributed by atoms with Gasteiger partial charge in [-0.05, 0) is 12.1 Å². The largest absolute Gasteiger partial charge is 0.457 e. The first-order chi connectivity index (χ1) is 12.1. The smallest absolute Gasteiger partial charge is 0.425 e. The molecule has 0 atom stereocenters. The van der Waals surface area contributed by atoms with Gasteiger partial charge in [0.1, 0.15) is 17.2 Å². The highest BCUT2D eigenvalue weighted by atomic mass is 32.1. The fourth-order valence-electron chi connectivity index (χ4n) is 1.50. The molecular weight excluding hydrogens is 388 g/mol. The minimum absolute atomic E-state index is 0.0459. The summed E-state index contributed by atoms with van der Waals surface area (Å²) in [6.45, 7) is -0.376. The van der Waals surface area contributed by atoms with Crippen LogP contribution < -0.4 is 10.1 Å². The lowest BCUT2D eigenvalue weighted by Crippen LogP contribution is -2.08. The van der Waals surface area contributed by atoms with Gasteiger partial charge in [-0.2, -0.15) is 31.5 Å². The van der Waals surface area contributed by atoms with E-state index < -0.39 is 22.8 Å². The van der Waals surface area contributed by atoms with Gasteiger partial charge in [0.25, 0.3) is 0 Å². The van der Waals surface area contributed by atoms with Crippen LogP contribution in [0.5, 0.6) is 6.01 Å². The van der Waals surface area contributed by atoms with Gasteiger partial charge in [0.05, 0.1) is 10.6 Å². The summed E-state index contributed by atoms with van der Waals surface area (Å²) < 4.78 is 79.6. The Kier molecular flexibility index (Phi) is 5.79. The van der Waals surface area contributed by atoms with Crippen LogP contribution >= 0.6 is 11.3 Å². The van der Waals surface area contributed by atoms with Gasteiger partial charge in [0.2, 0.25) is 0 Å². The van der Waals surface area contributed by atoms with Crippen molar-refractivity contribution in [1.82, 2.24) is 9.97 Å². The van der Waals surface area contributed by atoms with E-state index in [0.29, 0.717) is 23.7 Å². The van der Waals surface area contributed by atoms with Gasteiger partial charge in [-0.3, -0.25) is 0 Å². The SMILES string of the molecule is N=N/C(=C\Nc1ccc(C(F)(F)F)s1)COc1ncc(C(F)(F)F)cn1. The minimum atomic E-state index is -4.58. The number of aromatic nitrogens is 2. The summed E-state index contributed by atoms with van der Waals surface area (Å²) in [4.78, 5) is 5.95. The standard InChI is InChI=1S/C13H9F6N5OS/c14-12(15,16)7-3-22-11(23-4-7)25-6-8(24-20)5-21-10-2-1-9(26-10)13(17,18)19/h1-5,20-21H,6H2/b8-5-,24-20?. The lowest BCUT2D eigenvalue weighted by atomic mass is 10.3. The van der Waals surface area contributed by atoms with E-state index in [0.717, 1.165) is 12.3 Å². The van der Waals surface area contributed by atoms with Gasteiger partial charge in [-0.15, -0.1) is 11.3 Å². The van der Waals surface area contributed by atoms with E-state index in [9.17, 15) is 26.3 Å². The first-order valence-electron chi connectivity index (χ1n) is 6.61. The van der Waals surface area contributed by atoms with E-state index >= 15 is 0 Å². The van der Waals surface area contributed by atoms with E-state index in [1.807, 2.05) is 0 Å². The Balaban J connectivity index is 1.95. The van der Waals surface area contributed by atoms with Crippen molar-refractivity contribution in [2.24, 2.45) is 5.11 Å². The van der Waals surface area contributed by atoms with Crippen LogP contribution in [0.3, 0.4) is 0 Å². The summed E-state index contributed by atoms with van der Waals surface area (Å²) in [6, 6.07) is 1.72. The number of hydrogen-bond acceptors (Lipinski definition) is 7. The predicted molar refractivity (Wildman–Crippen MR) is 78.7 cm³/mol. The first-order valence-corrected chi connectivity index (χ1v) is 7.43. The van der Waals surface area contributed by atoms with Crippen LogP contribution in [0.1, 0.15) is 10.4 Å². The van der Waals surface area contributed by atoms with Gasteiger partial charge in [-0.1, -0.05) is 0 Å². The third-order valence-corrected chi connectivity index (χ3v) is 3.78. The second kappa shape index (κ2) is 7.68. The van der Waals surface area contributed by atoms with E-state index in [4.69, 9.17) is 10.3 Å². The van der Waals surface area contributed by atoms with Crippen LogP contribution in [-0.2, 0) is 12.4 Å². The van der Waals surface area contributed by atoms with Gasteiger partial charge >= 0.3 is 18.4 Å². The fourth-order valence-corrected chi connectivity index (χ4v) is 2.25. The molecule has 0 aliphatic heterocycles. The molecule has 0 aromatic carbocycles. The second-order valence-corrected chi connectivity index (χ2v) is 5.68. The average Bonchev–Trinajstić information content (AvgIpc) is 3.04. The molecule has 0 fully saturated rings. The van der Waals surface area contributed by atoms with Crippen molar-refractivity contribution in [3.63, 3.8) is 0 Å². The van der Waals surface area contributed by atoms with Crippen LogP contribution in [0, 0.1) is 5.53 Å². The van der Waals surface area contributed by atoms with Crippen molar-refractivity contribution < 1.29 is 31.1 Å². The van der Waals surface area contributed by atoms with Crippen molar-refractivity contribution in [1.29, 1.82) is 5.53 Å². The van der Waals surface area contributed by atoms with Gasteiger partial charge in [0, 0.05) is 18.6 Å². The van der Waals surface area contributed by atoms with Crippen molar-refractivity contribution in [3.8, 4) is 6.01 Å². The summed E-state index contributed by atoms with van der Waals surface area (Å²) in [5.74, 6) is 0. The average molecular weight is 397 g/mol. The third kappa shape index (κ3) is 5.40. The Hall–Kier alpha value is -2.70. The van der Waals surface area contributed by atoms with E-state index in [-0.39, 0.29) is 23.3 Å². The molecule has 2 heterocycles. The number of nitrogens with zero attached hydrogens (tertiary/aromatic N) is 3. The van der Waals surface area contributed by atoms with Crippen LogP contribution in [0.2, 0.25) is 0 Å². The van der Waals surface area contributed by atoms with Gasteiger partial charge < -0.3 is 10.1 Å². The van der Waals surface area contributed by atoms with Gasteiger partial charge in [0.15, 0.2) is 0 Å². The zero-order chi connectivity index (χ0) is 19.4. The van der Waals surface area contributed by atoms with Crippen LogP contribution in [-0.4, -0.2) is 16.6 Å². The molecule has 0 spiro atoms. The quantitative estimate of drug-likeness (QED) is 0.534. The molecule has 0 aliphatic rings. The lowest BCUT2D eigenvalue weighted by Gasteiger charge is -2.07. The highest BCUT2D eigenvalue weighted by molar-refractivity contribution is 7.16. The Bertz CT molecular complexity index is 784. The fraction of sp³-hybridized carbons (Fsp3) is 0.231. The van der Waals surface area contributed by atoms with Crippen molar-refractivity contribution >= 4 is 16.3 Å². The molecule has 2 aromatic heterocycles. The van der Waals surface area contributed by atoms with Gasteiger partial charge in [-0.25, -0.2) is 15.5 Å². The molecule has 0 amide bonds. The molecule has 0 aliphatic carbocycles. The van der Waals surface area contributed by atoms with E-state index in [1.165, 1.54) is 6.07 Å². The minimum Gasteiger partial charge on any atom is -0.457 e. The summed E-state index contributed by atoms with van der Waals surface area (Å²) >= 11 is 0.455. The monoisotopic (exact) mass is 397 g/mol. The number of hydrogen-bond donors (Lipinski definition) is 2. The summed E-state index contributed by atoms with van der Waals surface area (Å²) in [7, 11) is 0. The summed E-state index contributed by atoms with van der Waals surface area (Å²) in [5, 5.41) is 5.78. The van der Waals surface area contributed by atoms with Crippen LogP contribution in [0.25, 0.3) is 0 Å². The second-order valence-electron chi connectivity index (χ2n) is 4.59. The van der Waals surface area contributed by atoms with Crippen molar-refractivity contribution in [2.45, 2.75) is 12.4 Å². The molecule has 0 radical (unpaired) electrons. The maximum absolute atomic E-state index is 12.5. The third-order valence-electron chi connectivity index (χ3n) is 2.71. The molecule has 140 valence electrons. The highest BCUT2D eigenvalue weighted by Crippen LogP contribution is 2.36. The number of thiophene rings is 1. The number of rotatable bonds is 6. The molecule has 0 bridgehead atoms. The first kappa shape index (κ1) is 19.6. The molecule has 26 heavy (non-hydrogen) atoms. The maximum Gasteiger partial charge on any atom is 0.425 e. The molecule has 13 heteroatoms. The maximum atomic E-state index is 12.5.